The van der Waals surface area contributed by atoms with E-state index in [0.717, 1.165) is 33.6 Å². The van der Waals surface area contributed by atoms with Gasteiger partial charge >= 0.3 is 0 Å². The Bertz CT molecular complexity index is 1280. The van der Waals surface area contributed by atoms with Crippen molar-refractivity contribution in [3.8, 4) is 11.5 Å². The molecule has 1 atom stereocenters. The summed E-state index contributed by atoms with van der Waals surface area (Å²) in [6, 6.07) is 23.7. The fraction of sp³-hybridized carbons (Fsp3) is 0.344. The molecule has 0 spiro atoms. The summed E-state index contributed by atoms with van der Waals surface area (Å²) >= 11 is 0. The summed E-state index contributed by atoms with van der Waals surface area (Å²) in [7, 11) is 1.78. The molecule has 0 aromatic heterocycles. The van der Waals surface area contributed by atoms with Crippen LogP contribution in [0, 0.1) is 0 Å². The Kier molecular flexibility index (Phi) is 8.42. The summed E-state index contributed by atoms with van der Waals surface area (Å²) in [4.78, 5) is 19.0. The molecule has 6 nitrogen and oxygen atoms in total. The maximum Gasteiger partial charge on any atom is 0.245 e. The van der Waals surface area contributed by atoms with Crippen molar-refractivity contribution in [2.75, 3.05) is 13.6 Å². The molecule has 38 heavy (non-hydrogen) atoms. The molecule has 0 bridgehead atoms. The Morgan fingerprint density at radius 2 is 1.47 bits per heavy atom. The zero-order valence-corrected chi connectivity index (χ0v) is 23.2. The Balaban J connectivity index is 1.79. The first-order valence-corrected chi connectivity index (χ1v) is 13.1. The number of ether oxygens (including phenoxy) is 2. The summed E-state index contributed by atoms with van der Waals surface area (Å²) in [5, 5.41) is 4.52. The van der Waals surface area contributed by atoms with Crippen LogP contribution in [0.4, 0.5) is 0 Å². The van der Waals surface area contributed by atoms with E-state index < -0.39 is 6.04 Å². The quantitative estimate of drug-likeness (QED) is 0.366. The summed E-state index contributed by atoms with van der Waals surface area (Å²) in [5.74, 6) is 1.95. The number of hydrogen-bond donors (Lipinski definition) is 1. The lowest BCUT2D eigenvalue weighted by Gasteiger charge is -2.26. The largest absolute Gasteiger partial charge is 0.488 e. The van der Waals surface area contributed by atoms with E-state index in [4.69, 9.17) is 14.3 Å². The fourth-order valence-electron chi connectivity index (χ4n) is 4.59. The van der Waals surface area contributed by atoms with E-state index in [1.165, 1.54) is 0 Å². The van der Waals surface area contributed by atoms with Crippen LogP contribution in [-0.4, -0.2) is 30.6 Å². The number of carbonyl (C=O) groups excluding carboxylic acids is 1. The third kappa shape index (κ3) is 6.20. The van der Waals surface area contributed by atoms with Crippen molar-refractivity contribution in [2.45, 2.75) is 59.3 Å². The van der Waals surface area contributed by atoms with Crippen molar-refractivity contribution in [1.29, 1.82) is 0 Å². The predicted octanol–water partition coefficient (Wildman–Crippen LogP) is 6.25. The van der Waals surface area contributed by atoms with Gasteiger partial charge in [-0.25, -0.2) is 0 Å². The fourth-order valence-corrected chi connectivity index (χ4v) is 4.59. The van der Waals surface area contributed by atoms with Crippen molar-refractivity contribution < 1.29 is 19.1 Å². The number of amides is 1. The lowest BCUT2D eigenvalue weighted by atomic mass is 9.84. The van der Waals surface area contributed by atoms with Gasteiger partial charge < -0.3 is 19.6 Å². The number of nitrogens with zero attached hydrogens (tertiary/aromatic N) is 1. The van der Waals surface area contributed by atoms with Crippen LogP contribution in [0.15, 0.2) is 78.4 Å². The molecule has 1 heterocycles. The van der Waals surface area contributed by atoms with E-state index in [1.54, 1.807) is 12.1 Å². The lowest BCUT2D eigenvalue weighted by Crippen LogP contribution is -2.42. The van der Waals surface area contributed by atoms with Crippen molar-refractivity contribution in [3.63, 3.8) is 0 Å². The van der Waals surface area contributed by atoms with Crippen LogP contribution >= 0.6 is 0 Å². The van der Waals surface area contributed by atoms with E-state index in [-0.39, 0.29) is 11.3 Å². The van der Waals surface area contributed by atoms with Gasteiger partial charge in [0, 0.05) is 30.8 Å². The zero-order valence-electron chi connectivity index (χ0n) is 23.2. The molecule has 3 aromatic rings. The normalized spacial score (nSPS) is 15.8. The third-order valence-corrected chi connectivity index (χ3v) is 6.58. The molecule has 1 N–H and O–H groups in total. The van der Waals surface area contributed by atoms with Gasteiger partial charge in [0.1, 0.15) is 30.8 Å². The minimum atomic E-state index is -0.515. The molecule has 4 rings (SSSR count). The molecule has 200 valence electrons. The second-order valence-electron chi connectivity index (χ2n) is 10.6. The highest BCUT2D eigenvalue weighted by Gasteiger charge is 2.37. The van der Waals surface area contributed by atoms with Gasteiger partial charge in [-0.2, -0.15) is 0 Å². The molecule has 6 heteroatoms. The molecule has 0 radical (unpaired) electrons. The van der Waals surface area contributed by atoms with Gasteiger partial charge in [0.2, 0.25) is 5.91 Å². The van der Waals surface area contributed by atoms with Gasteiger partial charge in [-0.15, -0.1) is 5.06 Å². The molecule has 0 saturated carbocycles. The molecule has 1 amide bonds. The van der Waals surface area contributed by atoms with Crippen LogP contribution < -0.4 is 14.8 Å². The van der Waals surface area contributed by atoms with Gasteiger partial charge in [0.05, 0.1) is 5.56 Å². The van der Waals surface area contributed by atoms with E-state index in [2.05, 4.69) is 44.3 Å². The Hall–Kier alpha value is -3.77. The summed E-state index contributed by atoms with van der Waals surface area (Å²) in [5.41, 5.74) is 4.60. The monoisotopic (exact) mass is 514 g/mol. The van der Waals surface area contributed by atoms with Crippen LogP contribution in [0.1, 0.15) is 56.9 Å². The van der Waals surface area contributed by atoms with E-state index >= 15 is 0 Å². The highest BCUT2D eigenvalue weighted by Crippen LogP contribution is 2.43. The lowest BCUT2D eigenvalue weighted by molar-refractivity contribution is -0.136. The van der Waals surface area contributed by atoms with Gasteiger partial charge in [0.15, 0.2) is 5.76 Å². The number of hydroxylamine groups is 2. The maximum atomic E-state index is 12.8. The summed E-state index contributed by atoms with van der Waals surface area (Å²) in [6.45, 7) is 11.7. The van der Waals surface area contributed by atoms with Crippen LogP contribution in [0.3, 0.4) is 0 Å². The van der Waals surface area contributed by atoms with E-state index in [0.29, 0.717) is 31.3 Å². The summed E-state index contributed by atoms with van der Waals surface area (Å²) < 4.78 is 12.8. The summed E-state index contributed by atoms with van der Waals surface area (Å²) in [6.07, 6.45) is 0. The highest BCUT2D eigenvalue weighted by atomic mass is 16.7. The number of benzene rings is 3. The van der Waals surface area contributed by atoms with Crippen molar-refractivity contribution >= 4 is 11.7 Å². The molecule has 3 aromatic carbocycles. The third-order valence-electron chi connectivity index (χ3n) is 6.58. The predicted molar refractivity (Wildman–Crippen MR) is 151 cm³/mol. The van der Waals surface area contributed by atoms with Gasteiger partial charge in [-0.3, -0.25) is 4.79 Å². The van der Waals surface area contributed by atoms with Crippen molar-refractivity contribution in [3.05, 3.63) is 101 Å². The van der Waals surface area contributed by atoms with Gasteiger partial charge in [0.25, 0.3) is 0 Å². The molecule has 1 aliphatic rings. The molecular weight excluding hydrogens is 476 g/mol. The Labute approximate surface area is 226 Å². The first kappa shape index (κ1) is 27.3. The second kappa shape index (κ2) is 11.7. The molecule has 0 saturated heterocycles. The van der Waals surface area contributed by atoms with Crippen LogP contribution in [0.2, 0.25) is 0 Å². The van der Waals surface area contributed by atoms with Gasteiger partial charge in [-0.1, -0.05) is 81.4 Å². The first-order valence-electron chi connectivity index (χ1n) is 13.1. The Morgan fingerprint density at radius 1 is 0.921 bits per heavy atom. The van der Waals surface area contributed by atoms with Crippen molar-refractivity contribution in [2.24, 2.45) is 0 Å². The van der Waals surface area contributed by atoms with E-state index in [9.17, 15) is 4.79 Å². The number of nitrogens with one attached hydrogen (secondary N) is 1. The topological polar surface area (TPSA) is 60.0 Å². The van der Waals surface area contributed by atoms with Gasteiger partial charge in [-0.05, 0) is 36.5 Å². The molecule has 0 fully saturated rings. The van der Waals surface area contributed by atoms with Crippen LogP contribution in [0.25, 0.3) is 5.76 Å². The molecule has 0 aliphatic carbocycles. The highest BCUT2D eigenvalue weighted by molar-refractivity contribution is 5.89. The smallest absolute Gasteiger partial charge is 0.245 e. The number of likely N-dealkylation sites (N-methyl/N-ethyl adjacent to an activating group) is 2. The zero-order chi connectivity index (χ0) is 27.3. The Morgan fingerprint density at radius 3 is 2.00 bits per heavy atom. The van der Waals surface area contributed by atoms with Crippen molar-refractivity contribution in [1.82, 2.24) is 10.4 Å². The minimum absolute atomic E-state index is 0.0897. The number of rotatable bonds is 9. The minimum Gasteiger partial charge on any atom is -0.488 e. The maximum absolute atomic E-state index is 12.8. The SMILES string of the molecule is CCNC(=O)C1C(C)=C(c2cc(C(C)(C)C)c(OCc3ccccc3)cc2OCc2ccccc2)ON1C. The first-order chi connectivity index (χ1) is 18.2. The molecule has 1 aliphatic heterocycles. The van der Waals surface area contributed by atoms with Crippen LogP contribution in [-0.2, 0) is 28.3 Å². The standard InChI is InChI=1S/C32H38N2O4/c1-7-33-31(35)29-22(2)30(38-34(29)6)25-18-26(32(3,4)5)28(37-21-24-16-12-9-13-17-24)19-27(25)36-20-23-14-10-8-11-15-23/h8-19,29H,7,20-21H2,1-6H3,(H,33,35). The average Bonchev–Trinajstić information content (AvgIpc) is 3.20. The van der Waals surface area contributed by atoms with Crippen LogP contribution in [0.5, 0.6) is 11.5 Å². The molecule has 1 unspecified atom stereocenters. The van der Waals surface area contributed by atoms with E-state index in [1.807, 2.05) is 68.4 Å². The number of carbonyl (C=O) groups is 1. The average molecular weight is 515 g/mol. The second-order valence-corrected chi connectivity index (χ2v) is 10.6. The molecular formula is C32H38N2O4. The number of hydrogen-bond acceptors (Lipinski definition) is 5.